The van der Waals surface area contributed by atoms with Crippen LogP contribution in [0.25, 0.3) is 0 Å². The van der Waals surface area contributed by atoms with Crippen LogP contribution in [-0.2, 0) is 0 Å². The number of carboxylic acid groups (broad SMARTS) is 1. The van der Waals surface area contributed by atoms with Gasteiger partial charge in [0.1, 0.15) is 6.26 Å². The first-order valence-electron chi connectivity index (χ1n) is 2.71. The second-order valence-corrected chi connectivity index (χ2v) is 1.85. The van der Waals surface area contributed by atoms with Gasteiger partial charge in [-0.1, -0.05) is 0 Å². The smallest absolute Gasteiger partial charge is 0.371 e. The third-order valence-electron chi connectivity index (χ3n) is 1.08. The Morgan fingerprint density at radius 2 is 2.27 bits per heavy atom. The number of carboxylic acids is 1. The predicted octanol–water partition coefficient (Wildman–Crippen LogP) is 1.92. The molecule has 0 aliphatic rings. The number of halogens is 2. The molecule has 1 rings (SSSR count). The molecule has 5 heteroatoms. The summed E-state index contributed by atoms with van der Waals surface area (Å²) in [5.41, 5.74) is -0.414. The van der Waals surface area contributed by atoms with E-state index in [2.05, 4.69) is 4.42 Å². The fourth-order valence-corrected chi connectivity index (χ4v) is 0.578. The maximum Gasteiger partial charge on any atom is 0.371 e. The quantitative estimate of drug-likeness (QED) is 0.722. The number of carbonyl (C=O) groups is 1. The normalized spacial score (nSPS) is 10.5. The lowest BCUT2D eigenvalue weighted by molar-refractivity contribution is 0.0662. The van der Waals surface area contributed by atoms with E-state index in [-0.39, 0.29) is 0 Å². The van der Waals surface area contributed by atoms with Crippen LogP contribution in [0.3, 0.4) is 0 Å². The summed E-state index contributed by atoms with van der Waals surface area (Å²) in [7, 11) is 0. The summed E-state index contributed by atoms with van der Waals surface area (Å²) in [5.74, 6) is -1.82. The van der Waals surface area contributed by atoms with Crippen molar-refractivity contribution in [2.75, 3.05) is 0 Å². The van der Waals surface area contributed by atoms with Crippen LogP contribution in [0.15, 0.2) is 16.7 Å². The van der Waals surface area contributed by atoms with Gasteiger partial charge in [-0.05, 0) is 0 Å². The Morgan fingerprint density at radius 3 is 2.55 bits per heavy atom. The molecule has 1 heterocycles. The minimum atomic E-state index is -2.69. The molecular formula is C6H4F2O3. The molecule has 0 spiro atoms. The number of furan rings is 1. The first-order valence-corrected chi connectivity index (χ1v) is 2.71. The molecule has 0 radical (unpaired) electrons. The van der Waals surface area contributed by atoms with Gasteiger partial charge in [0, 0.05) is 6.07 Å². The van der Waals surface area contributed by atoms with E-state index in [1.165, 1.54) is 0 Å². The maximum atomic E-state index is 11.8. The highest BCUT2D eigenvalue weighted by Crippen LogP contribution is 2.20. The van der Waals surface area contributed by atoms with Gasteiger partial charge in [-0.3, -0.25) is 0 Å². The molecule has 11 heavy (non-hydrogen) atoms. The number of alkyl halides is 2. The lowest BCUT2D eigenvalue weighted by atomic mass is 10.3. The van der Waals surface area contributed by atoms with E-state index in [0.29, 0.717) is 0 Å². The zero-order valence-corrected chi connectivity index (χ0v) is 5.25. The molecule has 0 amide bonds. The van der Waals surface area contributed by atoms with Crippen LogP contribution in [0.5, 0.6) is 0 Å². The zero-order chi connectivity index (χ0) is 8.43. The number of aromatic carboxylic acids is 1. The van der Waals surface area contributed by atoms with Crippen molar-refractivity contribution in [3.63, 3.8) is 0 Å². The summed E-state index contributed by atoms with van der Waals surface area (Å²) in [4.78, 5) is 10.1. The fraction of sp³-hybridized carbons (Fsp3) is 0.167. The second-order valence-electron chi connectivity index (χ2n) is 1.85. The Hall–Kier alpha value is -1.39. The maximum absolute atomic E-state index is 11.8. The Morgan fingerprint density at radius 1 is 1.64 bits per heavy atom. The van der Waals surface area contributed by atoms with Gasteiger partial charge in [-0.2, -0.15) is 0 Å². The van der Waals surface area contributed by atoms with E-state index in [9.17, 15) is 13.6 Å². The molecule has 0 bridgehead atoms. The van der Waals surface area contributed by atoms with E-state index >= 15 is 0 Å². The molecule has 0 saturated heterocycles. The van der Waals surface area contributed by atoms with Crippen LogP contribution in [0.4, 0.5) is 8.78 Å². The molecule has 3 nitrogen and oxygen atoms in total. The van der Waals surface area contributed by atoms with Crippen LogP contribution in [-0.4, -0.2) is 11.1 Å². The third-order valence-corrected chi connectivity index (χ3v) is 1.08. The van der Waals surface area contributed by atoms with Gasteiger partial charge in [-0.15, -0.1) is 0 Å². The molecule has 1 aromatic rings. The standard InChI is InChI=1S/C6H4F2O3/c7-5(8)3-1-4(6(9)10)11-2-3/h1-2,5H,(H,9,10). The van der Waals surface area contributed by atoms with Crippen molar-refractivity contribution in [2.24, 2.45) is 0 Å². The average Bonchev–Trinajstić information content (AvgIpc) is 2.33. The largest absolute Gasteiger partial charge is 0.475 e. The van der Waals surface area contributed by atoms with E-state index in [1.54, 1.807) is 0 Å². The molecule has 1 N–H and O–H groups in total. The lowest BCUT2D eigenvalue weighted by Gasteiger charge is -1.86. The lowest BCUT2D eigenvalue weighted by Crippen LogP contribution is -1.91. The molecule has 0 aromatic carbocycles. The van der Waals surface area contributed by atoms with Gasteiger partial charge >= 0.3 is 5.97 Å². The molecule has 60 valence electrons. The fourth-order valence-electron chi connectivity index (χ4n) is 0.578. The first-order chi connectivity index (χ1) is 5.11. The molecule has 0 fully saturated rings. The van der Waals surface area contributed by atoms with Gasteiger partial charge in [0.2, 0.25) is 5.76 Å². The summed E-state index contributed by atoms with van der Waals surface area (Å²) in [6, 6.07) is 0.799. The number of hydrogen-bond acceptors (Lipinski definition) is 2. The Labute approximate surface area is 60.2 Å². The molecule has 1 aromatic heterocycles. The summed E-state index contributed by atoms with van der Waals surface area (Å²) in [5, 5.41) is 8.24. The monoisotopic (exact) mass is 162 g/mol. The highest BCUT2D eigenvalue weighted by atomic mass is 19.3. The predicted molar refractivity (Wildman–Crippen MR) is 30.6 cm³/mol. The molecule has 0 saturated carbocycles. The summed E-state index contributed by atoms with van der Waals surface area (Å²) < 4.78 is 27.9. The Balaban J connectivity index is 2.90. The SMILES string of the molecule is O=C(O)c1cc(C(F)F)co1. The van der Waals surface area contributed by atoms with Gasteiger partial charge in [-0.25, -0.2) is 13.6 Å². The second kappa shape index (κ2) is 2.69. The van der Waals surface area contributed by atoms with Gasteiger partial charge in [0.05, 0.1) is 5.56 Å². The van der Waals surface area contributed by atoms with E-state index in [4.69, 9.17) is 5.11 Å². The van der Waals surface area contributed by atoms with Crippen LogP contribution in [0, 0.1) is 0 Å². The average molecular weight is 162 g/mol. The van der Waals surface area contributed by atoms with Crippen molar-refractivity contribution in [2.45, 2.75) is 6.43 Å². The van der Waals surface area contributed by atoms with E-state index < -0.39 is 23.7 Å². The minimum Gasteiger partial charge on any atom is -0.475 e. The van der Waals surface area contributed by atoms with Gasteiger partial charge in [0.25, 0.3) is 6.43 Å². The molecule has 0 unspecified atom stereocenters. The van der Waals surface area contributed by atoms with Crippen LogP contribution >= 0.6 is 0 Å². The van der Waals surface area contributed by atoms with Crippen molar-refractivity contribution in [1.29, 1.82) is 0 Å². The summed E-state index contributed by atoms with van der Waals surface area (Å²) in [6.07, 6.45) is -1.96. The van der Waals surface area contributed by atoms with E-state index in [1.807, 2.05) is 0 Å². The molecule has 0 atom stereocenters. The minimum absolute atomic E-state index is 0.414. The Kier molecular flexibility index (Phi) is 1.89. The van der Waals surface area contributed by atoms with Crippen LogP contribution < -0.4 is 0 Å². The third kappa shape index (κ3) is 1.54. The van der Waals surface area contributed by atoms with Crippen molar-refractivity contribution >= 4 is 5.97 Å². The van der Waals surface area contributed by atoms with Gasteiger partial charge in [0.15, 0.2) is 0 Å². The number of rotatable bonds is 2. The highest BCUT2D eigenvalue weighted by Gasteiger charge is 2.14. The summed E-state index contributed by atoms with van der Waals surface area (Å²) in [6.45, 7) is 0. The zero-order valence-electron chi connectivity index (χ0n) is 5.25. The van der Waals surface area contributed by atoms with Crippen molar-refractivity contribution in [1.82, 2.24) is 0 Å². The molecule has 0 aliphatic heterocycles. The Bertz CT molecular complexity index is 267. The molecular weight excluding hydrogens is 158 g/mol. The highest BCUT2D eigenvalue weighted by molar-refractivity contribution is 5.84. The molecule has 0 aliphatic carbocycles. The first kappa shape index (κ1) is 7.71. The topological polar surface area (TPSA) is 50.4 Å². The van der Waals surface area contributed by atoms with Crippen molar-refractivity contribution < 1.29 is 23.1 Å². The van der Waals surface area contributed by atoms with Crippen molar-refractivity contribution in [3.05, 3.63) is 23.7 Å². The van der Waals surface area contributed by atoms with Gasteiger partial charge < -0.3 is 9.52 Å². The summed E-state index contributed by atoms with van der Waals surface area (Å²) >= 11 is 0. The van der Waals surface area contributed by atoms with Crippen LogP contribution in [0.2, 0.25) is 0 Å². The van der Waals surface area contributed by atoms with E-state index in [0.717, 1.165) is 12.3 Å². The van der Waals surface area contributed by atoms with Crippen molar-refractivity contribution in [3.8, 4) is 0 Å². The van der Waals surface area contributed by atoms with Crippen LogP contribution in [0.1, 0.15) is 22.5 Å². The number of hydrogen-bond donors (Lipinski definition) is 1.